The van der Waals surface area contributed by atoms with Gasteiger partial charge in [-0.1, -0.05) is 38.5 Å². The Morgan fingerprint density at radius 3 is 2.69 bits per heavy atom. The van der Waals surface area contributed by atoms with Gasteiger partial charge in [-0.2, -0.15) is 0 Å². The summed E-state index contributed by atoms with van der Waals surface area (Å²) in [5.74, 6) is 0.123. The number of amides is 3. The van der Waals surface area contributed by atoms with Crippen molar-refractivity contribution >= 4 is 45.3 Å². The molecule has 0 unspecified atom stereocenters. The molecule has 0 radical (unpaired) electrons. The first-order valence-corrected chi connectivity index (χ1v) is 13.5. The van der Waals surface area contributed by atoms with Crippen LogP contribution in [0.4, 0.5) is 4.79 Å². The molecule has 0 aliphatic heterocycles. The first kappa shape index (κ1) is 23.3. The van der Waals surface area contributed by atoms with E-state index in [-0.39, 0.29) is 23.3 Å². The molecule has 1 fully saturated rings. The van der Waals surface area contributed by atoms with Crippen LogP contribution in [0, 0.1) is 5.92 Å². The zero-order valence-corrected chi connectivity index (χ0v) is 20.5. The Morgan fingerprint density at radius 1 is 1.19 bits per heavy atom. The summed E-state index contributed by atoms with van der Waals surface area (Å²) in [5, 5.41) is 6.62. The fourth-order valence-corrected chi connectivity index (χ4v) is 6.63. The molecule has 2 aliphatic carbocycles. The van der Waals surface area contributed by atoms with E-state index in [0.29, 0.717) is 17.6 Å². The highest BCUT2D eigenvalue weighted by Gasteiger charge is 2.23. The van der Waals surface area contributed by atoms with Gasteiger partial charge in [0.15, 0.2) is 5.16 Å². The van der Waals surface area contributed by atoms with E-state index in [0.717, 1.165) is 68.0 Å². The van der Waals surface area contributed by atoms with Crippen LogP contribution in [-0.4, -0.2) is 33.3 Å². The predicted molar refractivity (Wildman–Crippen MR) is 130 cm³/mol. The van der Waals surface area contributed by atoms with Crippen LogP contribution >= 0.6 is 23.1 Å². The zero-order chi connectivity index (χ0) is 22.7. The molecule has 0 spiro atoms. The number of hydrogen-bond donors (Lipinski definition) is 2. The first-order valence-electron chi connectivity index (χ1n) is 11.7. The lowest BCUT2D eigenvalue weighted by atomic mass is 9.97. The smallest absolute Gasteiger partial charge is 0.321 e. The second kappa shape index (κ2) is 10.4. The van der Waals surface area contributed by atoms with Crippen molar-refractivity contribution in [2.75, 3.05) is 5.75 Å². The predicted octanol–water partition coefficient (Wildman–Crippen LogP) is 4.24. The molecule has 2 heterocycles. The summed E-state index contributed by atoms with van der Waals surface area (Å²) in [4.78, 5) is 44.8. The maximum Gasteiger partial charge on any atom is 0.321 e. The van der Waals surface area contributed by atoms with Crippen molar-refractivity contribution in [2.45, 2.75) is 89.4 Å². The van der Waals surface area contributed by atoms with Gasteiger partial charge in [0.25, 0.3) is 5.56 Å². The van der Waals surface area contributed by atoms with E-state index in [9.17, 15) is 14.4 Å². The molecule has 2 aromatic heterocycles. The lowest BCUT2D eigenvalue weighted by Crippen LogP contribution is -2.44. The van der Waals surface area contributed by atoms with E-state index in [4.69, 9.17) is 4.98 Å². The molecule has 9 heteroatoms. The van der Waals surface area contributed by atoms with Crippen molar-refractivity contribution in [3.05, 3.63) is 20.8 Å². The summed E-state index contributed by atoms with van der Waals surface area (Å²) in [6.07, 6.45) is 9.26. The second-order valence-corrected chi connectivity index (χ2v) is 11.2. The minimum absolute atomic E-state index is 0.0111. The van der Waals surface area contributed by atoms with Crippen molar-refractivity contribution in [1.82, 2.24) is 20.2 Å². The molecule has 0 saturated heterocycles. The third kappa shape index (κ3) is 5.36. The SMILES string of the molecule is CC(C)CCn1c(SCC(=O)NC(=O)NC2CCCC2)nc2sc3c(c2c1=O)CCCC3. The Kier molecular flexibility index (Phi) is 7.55. The minimum atomic E-state index is -0.436. The average molecular weight is 477 g/mol. The normalized spacial score (nSPS) is 16.5. The Hall–Kier alpha value is -1.87. The average Bonchev–Trinajstić information content (AvgIpc) is 3.38. The summed E-state index contributed by atoms with van der Waals surface area (Å²) in [5.41, 5.74) is 1.20. The van der Waals surface area contributed by atoms with Crippen LogP contribution in [0.5, 0.6) is 0 Å². The Labute approximate surface area is 196 Å². The summed E-state index contributed by atoms with van der Waals surface area (Å²) < 4.78 is 1.74. The largest absolute Gasteiger partial charge is 0.335 e. The van der Waals surface area contributed by atoms with E-state index < -0.39 is 6.03 Å². The lowest BCUT2D eigenvalue weighted by Gasteiger charge is -2.15. The van der Waals surface area contributed by atoms with Crippen LogP contribution in [0.15, 0.2) is 9.95 Å². The van der Waals surface area contributed by atoms with Gasteiger partial charge in [-0.25, -0.2) is 9.78 Å². The number of imide groups is 1. The topological polar surface area (TPSA) is 93.1 Å². The van der Waals surface area contributed by atoms with Gasteiger partial charge in [-0.05, 0) is 56.4 Å². The van der Waals surface area contributed by atoms with Crippen molar-refractivity contribution in [3.63, 3.8) is 0 Å². The standard InChI is InChI=1S/C23H32N4O3S2/c1-14(2)11-12-27-21(29)19-16-9-5-6-10-17(16)32-20(19)26-23(27)31-13-18(28)25-22(30)24-15-7-3-4-8-15/h14-15H,3-13H2,1-2H3,(H2,24,25,28,30). The van der Waals surface area contributed by atoms with Crippen molar-refractivity contribution in [3.8, 4) is 0 Å². The van der Waals surface area contributed by atoms with Gasteiger partial charge in [-0.15, -0.1) is 11.3 Å². The van der Waals surface area contributed by atoms with Crippen LogP contribution in [0.3, 0.4) is 0 Å². The monoisotopic (exact) mass is 476 g/mol. The van der Waals surface area contributed by atoms with Gasteiger partial charge in [0.05, 0.1) is 11.1 Å². The number of fused-ring (bicyclic) bond motifs is 3. The molecule has 0 bridgehead atoms. The van der Waals surface area contributed by atoms with Crippen LogP contribution in [-0.2, 0) is 24.2 Å². The Balaban J connectivity index is 1.51. The van der Waals surface area contributed by atoms with Crippen LogP contribution in [0.25, 0.3) is 10.2 Å². The number of aromatic nitrogens is 2. The van der Waals surface area contributed by atoms with Crippen molar-refractivity contribution in [2.24, 2.45) is 5.92 Å². The van der Waals surface area contributed by atoms with E-state index in [1.54, 1.807) is 15.9 Å². The van der Waals surface area contributed by atoms with E-state index in [1.165, 1.54) is 22.2 Å². The molecular weight excluding hydrogens is 444 g/mol. The molecule has 4 rings (SSSR count). The minimum Gasteiger partial charge on any atom is -0.335 e. The van der Waals surface area contributed by atoms with Gasteiger partial charge in [0.1, 0.15) is 4.83 Å². The summed E-state index contributed by atoms with van der Waals surface area (Å²) >= 11 is 2.85. The fraction of sp³-hybridized carbons (Fsp3) is 0.652. The van der Waals surface area contributed by atoms with Gasteiger partial charge < -0.3 is 5.32 Å². The third-order valence-electron chi connectivity index (χ3n) is 6.25. The molecule has 2 N–H and O–H groups in total. The van der Waals surface area contributed by atoms with E-state index >= 15 is 0 Å². The zero-order valence-electron chi connectivity index (χ0n) is 18.9. The number of thiophene rings is 1. The quantitative estimate of drug-likeness (QED) is 0.460. The molecule has 2 aliphatic rings. The molecule has 0 aromatic carbocycles. The van der Waals surface area contributed by atoms with Crippen molar-refractivity contribution < 1.29 is 9.59 Å². The number of rotatable bonds is 7. The van der Waals surface area contributed by atoms with Gasteiger partial charge in [0, 0.05) is 17.5 Å². The van der Waals surface area contributed by atoms with Crippen LogP contribution in [0.2, 0.25) is 0 Å². The summed E-state index contributed by atoms with van der Waals surface area (Å²) in [6.45, 7) is 4.84. The molecule has 0 atom stereocenters. The third-order valence-corrected chi connectivity index (χ3v) is 8.41. The molecule has 7 nitrogen and oxygen atoms in total. The molecule has 2 aromatic rings. The lowest BCUT2D eigenvalue weighted by molar-refractivity contribution is -0.117. The highest BCUT2D eigenvalue weighted by atomic mass is 32.2. The highest BCUT2D eigenvalue weighted by molar-refractivity contribution is 7.99. The van der Waals surface area contributed by atoms with Gasteiger partial charge in [-0.3, -0.25) is 19.5 Å². The Bertz CT molecular complexity index is 1050. The maximum absolute atomic E-state index is 13.5. The van der Waals surface area contributed by atoms with Crippen molar-refractivity contribution in [1.29, 1.82) is 0 Å². The molecule has 1 saturated carbocycles. The molecular formula is C23H32N4O3S2. The number of carbonyl (C=O) groups is 2. The van der Waals surface area contributed by atoms with Gasteiger partial charge in [0.2, 0.25) is 5.91 Å². The summed E-state index contributed by atoms with van der Waals surface area (Å²) in [7, 11) is 0. The van der Waals surface area contributed by atoms with Crippen LogP contribution < -0.4 is 16.2 Å². The first-order chi connectivity index (χ1) is 15.4. The molecule has 3 amide bonds. The summed E-state index contributed by atoms with van der Waals surface area (Å²) in [6, 6.07) is -0.278. The maximum atomic E-state index is 13.5. The highest BCUT2D eigenvalue weighted by Crippen LogP contribution is 2.34. The second-order valence-electron chi connectivity index (χ2n) is 9.22. The Morgan fingerprint density at radius 2 is 1.94 bits per heavy atom. The fourth-order valence-electron chi connectivity index (χ4n) is 4.50. The number of urea groups is 1. The van der Waals surface area contributed by atoms with E-state index in [2.05, 4.69) is 24.5 Å². The number of nitrogens with one attached hydrogen (secondary N) is 2. The van der Waals surface area contributed by atoms with Crippen LogP contribution in [0.1, 0.15) is 69.2 Å². The molecule has 32 heavy (non-hydrogen) atoms. The number of hydrogen-bond acceptors (Lipinski definition) is 6. The number of aryl methyl sites for hydroxylation is 2. The van der Waals surface area contributed by atoms with E-state index in [1.807, 2.05) is 0 Å². The number of carbonyl (C=O) groups excluding carboxylic acids is 2. The number of thioether (sulfide) groups is 1. The number of nitrogens with zero attached hydrogens (tertiary/aromatic N) is 2. The molecule has 174 valence electrons. The van der Waals surface area contributed by atoms with Gasteiger partial charge >= 0.3 is 6.03 Å².